The molecule has 2 aliphatic rings. The van der Waals surface area contributed by atoms with Crippen LogP contribution in [0.3, 0.4) is 0 Å². The van der Waals surface area contributed by atoms with Crippen LogP contribution in [0.2, 0.25) is 0 Å². The molecular weight excluding hydrogens is 236 g/mol. The summed E-state index contributed by atoms with van der Waals surface area (Å²) in [5.41, 5.74) is 0. The fourth-order valence-electron chi connectivity index (χ4n) is 3.77. The highest BCUT2D eigenvalue weighted by Gasteiger charge is 2.36. The van der Waals surface area contributed by atoms with Crippen molar-refractivity contribution < 1.29 is 4.79 Å². The van der Waals surface area contributed by atoms with Crippen molar-refractivity contribution in [3.8, 4) is 0 Å². The van der Waals surface area contributed by atoms with Gasteiger partial charge in [0, 0.05) is 31.1 Å². The zero-order valence-corrected chi connectivity index (χ0v) is 12.7. The van der Waals surface area contributed by atoms with Crippen molar-refractivity contribution in [3.05, 3.63) is 0 Å². The van der Waals surface area contributed by atoms with Crippen molar-refractivity contribution in [3.63, 3.8) is 0 Å². The molecule has 2 heterocycles. The molecule has 2 unspecified atom stereocenters. The number of carbonyl (C=O) groups is 1. The maximum Gasteiger partial charge on any atom is 0.222 e. The van der Waals surface area contributed by atoms with Gasteiger partial charge in [-0.2, -0.15) is 0 Å². The summed E-state index contributed by atoms with van der Waals surface area (Å²) in [7, 11) is 0. The molecule has 0 aromatic heterocycles. The number of rotatable bonds is 7. The Hall–Kier alpha value is -0.570. The summed E-state index contributed by atoms with van der Waals surface area (Å²) in [6, 6.07) is 1.85. The summed E-state index contributed by atoms with van der Waals surface area (Å²) >= 11 is 0. The molecule has 2 aliphatic heterocycles. The second-order valence-corrected chi connectivity index (χ2v) is 6.25. The summed E-state index contributed by atoms with van der Waals surface area (Å²) in [6.45, 7) is 5.23. The van der Waals surface area contributed by atoms with Gasteiger partial charge in [0.25, 0.3) is 0 Å². The van der Waals surface area contributed by atoms with Gasteiger partial charge in [-0.05, 0) is 39.0 Å². The molecule has 0 saturated carbocycles. The number of nitrogens with zero attached hydrogens (tertiary/aromatic N) is 1. The molecule has 1 N–H and O–H groups in total. The smallest absolute Gasteiger partial charge is 0.222 e. The first-order valence-corrected chi connectivity index (χ1v) is 8.30. The minimum Gasteiger partial charge on any atom is -0.340 e. The average Bonchev–Trinajstić information content (AvgIpc) is 2.75. The van der Waals surface area contributed by atoms with Crippen molar-refractivity contribution in [2.75, 3.05) is 6.54 Å². The molecule has 3 nitrogen and oxygen atoms in total. The Balaban J connectivity index is 1.80. The number of unbranched alkanes of at least 4 members (excludes halogenated alkanes) is 3. The van der Waals surface area contributed by atoms with Gasteiger partial charge in [0.1, 0.15) is 0 Å². The first-order valence-electron chi connectivity index (χ1n) is 8.30. The monoisotopic (exact) mass is 266 g/mol. The molecular formula is C16H30N2O. The fourth-order valence-corrected chi connectivity index (χ4v) is 3.77. The fraction of sp³-hybridized carbons (Fsp3) is 0.938. The standard InChI is InChI=1S/C16H30N2O/c1-3-5-6-7-8-16(19)18(4-2)15-11-13-9-10-14(12-15)17-13/h13-15,17H,3-12H2,1-2H3. The average molecular weight is 266 g/mol. The van der Waals surface area contributed by atoms with Crippen LogP contribution in [0, 0.1) is 0 Å². The number of amides is 1. The highest BCUT2D eigenvalue weighted by molar-refractivity contribution is 5.76. The van der Waals surface area contributed by atoms with Crippen molar-refractivity contribution in [2.45, 2.75) is 89.8 Å². The van der Waals surface area contributed by atoms with Crippen LogP contribution >= 0.6 is 0 Å². The predicted octanol–water partition coefficient (Wildman–Crippen LogP) is 3.09. The lowest BCUT2D eigenvalue weighted by Crippen LogP contribution is -2.50. The van der Waals surface area contributed by atoms with E-state index in [4.69, 9.17) is 0 Å². The highest BCUT2D eigenvalue weighted by atomic mass is 16.2. The first-order chi connectivity index (χ1) is 9.24. The summed E-state index contributed by atoms with van der Waals surface area (Å²) < 4.78 is 0. The van der Waals surface area contributed by atoms with Crippen LogP contribution in [0.4, 0.5) is 0 Å². The topological polar surface area (TPSA) is 32.3 Å². The van der Waals surface area contributed by atoms with Crippen LogP contribution in [-0.4, -0.2) is 35.5 Å². The molecule has 2 fully saturated rings. The van der Waals surface area contributed by atoms with Gasteiger partial charge in [-0.25, -0.2) is 0 Å². The lowest BCUT2D eigenvalue weighted by atomic mass is 9.97. The number of nitrogens with one attached hydrogen (secondary N) is 1. The van der Waals surface area contributed by atoms with Gasteiger partial charge >= 0.3 is 0 Å². The van der Waals surface area contributed by atoms with Crippen molar-refractivity contribution in [2.24, 2.45) is 0 Å². The molecule has 2 rings (SSSR count). The number of piperidine rings is 1. The van der Waals surface area contributed by atoms with Crippen LogP contribution in [0.25, 0.3) is 0 Å². The molecule has 2 atom stereocenters. The number of carbonyl (C=O) groups excluding carboxylic acids is 1. The van der Waals surface area contributed by atoms with E-state index in [0.717, 1.165) is 19.4 Å². The van der Waals surface area contributed by atoms with Crippen LogP contribution < -0.4 is 5.32 Å². The Kier molecular flexibility index (Phi) is 5.68. The van der Waals surface area contributed by atoms with E-state index in [0.29, 0.717) is 24.0 Å². The molecule has 0 aromatic carbocycles. The predicted molar refractivity (Wildman–Crippen MR) is 79.1 cm³/mol. The van der Waals surface area contributed by atoms with E-state index in [1.807, 2.05) is 0 Å². The Morgan fingerprint density at radius 2 is 1.79 bits per heavy atom. The molecule has 0 radical (unpaired) electrons. The minimum absolute atomic E-state index is 0.393. The number of hydrogen-bond acceptors (Lipinski definition) is 2. The van der Waals surface area contributed by atoms with Gasteiger partial charge in [-0.3, -0.25) is 4.79 Å². The zero-order valence-electron chi connectivity index (χ0n) is 12.7. The third kappa shape index (κ3) is 3.95. The quantitative estimate of drug-likeness (QED) is 0.718. The molecule has 3 heteroatoms. The second kappa shape index (κ2) is 7.28. The van der Waals surface area contributed by atoms with E-state index in [1.165, 1.54) is 44.9 Å². The Morgan fingerprint density at radius 1 is 1.11 bits per heavy atom. The van der Waals surface area contributed by atoms with Gasteiger partial charge in [0.2, 0.25) is 5.91 Å². The minimum atomic E-state index is 0.393. The van der Waals surface area contributed by atoms with Crippen molar-refractivity contribution in [1.82, 2.24) is 10.2 Å². The van der Waals surface area contributed by atoms with Gasteiger partial charge in [0.15, 0.2) is 0 Å². The Morgan fingerprint density at radius 3 is 2.37 bits per heavy atom. The molecule has 0 aromatic rings. The van der Waals surface area contributed by atoms with E-state index in [-0.39, 0.29) is 0 Å². The molecule has 2 bridgehead atoms. The normalized spacial score (nSPS) is 29.5. The van der Waals surface area contributed by atoms with Crippen molar-refractivity contribution >= 4 is 5.91 Å². The molecule has 0 aliphatic carbocycles. The lowest BCUT2D eigenvalue weighted by Gasteiger charge is -2.37. The summed E-state index contributed by atoms with van der Waals surface area (Å²) in [4.78, 5) is 14.5. The number of fused-ring (bicyclic) bond motifs is 2. The van der Waals surface area contributed by atoms with Gasteiger partial charge in [0.05, 0.1) is 0 Å². The van der Waals surface area contributed by atoms with E-state index < -0.39 is 0 Å². The van der Waals surface area contributed by atoms with Crippen LogP contribution in [0.1, 0.15) is 71.6 Å². The van der Waals surface area contributed by atoms with E-state index >= 15 is 0 Å². The second-order valence-electron chi connectivity index (χ2n) is 6.25. The SMILES string of the molecule is CCCCCCC(=O)N(CC)C1CC2CCC(C1)N2. The van der Waals surface area contributed by atoms with E-state index in [9.17, 15) is 4.79 Å². The van der Waals surface area contributed by atoms with Gasteiger partial charge < -0.3 is 10.2 Å². The maximum atomic E-state index is 12.4. The molecule has 2 saturated heterocycles. The summed E-state index contributed by atoms with van der Waals surface area (Å²) in [6.07, 6.45) is 10.5. The summed E-state index contributed by atoms with van der Waals surface area (Å²) in [5, 5.41) is 3.66. The highest BCUT2D eigenvalue weighted by Crippen LogP contribution is 2.30. The molecule has 0 spiro atoms. The van der Waals surface area contributed by atoms with Crippen molar-refractivity contribution in [1.29, 1.82) is 0 Å². The van der Waals surface area contributed by atoms with Crippen LogP contribution in [0.5, 0.6) is 0 Å². The molecule has 110 valence electrons. The third-order valence-corrected chi connectivity index (χ3v) is 4.79. The molecule has 19 heavy (non-hydrogen) atoms. The Bertz CT molecular complexity index is 280. The third-order valence-electron chi connectivity index (χ3n) is 4.79. The van der Waals surface area contributed by atoms with Gasteiger partial charge in [-0.1, -0.05) is 26.2 Å². The summed E-state index contributed by atoms with van der Waals surface area (Å²) in [5.74, 6) is 0.393. The first kappa shape index (κ1) is 14.8. The lowest BCUT2D eigenvalue weighted by molar-refractivity contribution is -0.134. The number of hydrogen-bond donors (Lipinski definition) is 1. The van der Waals surface area contributed by atoms with E-state index in [2.05, 4.69) is 24.1 Å². The van der Waals surface area contributed by atoms with Crippen LogP contribution in [0.15, 0.2) is 0 Å². The van der Waals surface area contributed by atoms with E-state index in [1.54, 1.807) is 0 Å². The Labute approximate surface area is 118 Å². The maximum absolute atomic E-state index is 12.4. The largest absolute Gasteiger partial charge is 0.340 e. The molecule has 1 amide bonds. The van der Waals surface area contributed by atoms with Gasteiger partial charge in [-0.15, -0.1) is 0 Å². The zero-order chi connectivity index (χ0) is 13.7. The van der Waals surface area contributed by atoms with Crippen LogP contribution in [-0.2, 0) is 4.79 Å².